The van der Waals surface area contributed by atoms with Gasteiger partial charge in [0.1, 0.15) is 19.8 Å². The maximum Gasteiger partial charge on any atom is 0.472 e. The summed E-state index contributed by atoms with van der Waals surface area (Å²) in [7, 11) is 1.47. The first-order valence-corrected chi connectivity index (χ1v) is 22.2. The summed E-state index contributed by atoms with van der Waals surface area (Å²) in [6.45, 7) is 4.29. The highest BCUT2D eigenvalue weighted by Crippen LogP contribution is 2.43. The summed E-state index contributed by atoms with van der Waals surface area (Å²) in [5, 5.41) is 0. The van der Waals surface area contributed by atoms with Crippen LogP contribution in [0.3, 0.4) is 0 Å². The third-order valence-corrected chi connectivity index (χ3v) is 9.66. The fourth-order valence-corrected chi connectivity index (χ4v) is 6.11. The Morgan fingerprint density at radius 1 is 0.596 bits per heavy atom. The van der Waals surface area contributed by atoms with E-state index in [1.165, 1.54) is 64.2 Å². The largest absolute Gasteiger partial charge is 0.472 e. The number of rotatable bonds is 37. The molecule has 2 atom stereocenters. The molecule has 0 aromatic rings. The van der Waals surface area contributed by atoms with Crippen LogP contribution in [0.5, 0.6) is 0 Å². The summed E-state index contributed by atoms with van der Waals surface area (Å²) in [6, 6.07) is 0. The molecule has 2 unspecified atom stereocenters. The van der Waals surface area contributed by atoms with Crippen molar-refractivity contribution >= 4 is 19.8 Å². The number of likely N-dealkylation sites (N-methyl/N-ethyl adjacent to an activating group) is 1. The van der Waals surface area contributed by atoms with E-state index in [-0.39, 0.29) is 32.0 Å². The van der Waals surface area contributed by atoms with Gasteiger partial charge in [-0.2, -0.15) is 0 Å². The molecule has 0 fully saturated rings. The van der Waals surface area contributed by atoms with Gasteiger partial charge in [0.05, 0.1) is 27.7 Å². The smallest absolute Gasteiger partial charge is 0.462 e. The molecule has 0 aliphatic rings. The predicted molar refractivity (Wildman–Crippen MR) is 215 cm³/mol. The number of esters is 2. The van der Waals surface area contributed by atoms with Crippen molar-refractivity contribution in [3.05, 3.63) is 36.5 Å². The van der Waals surface area contributed by atoms with Gasteiger partial charge < -0.3 is 18.9 Å². The number of quaternary nitrogens is 1. The van der Waals surface area contributed by atoms with Gasteiger partial charge in [-0.05, 0) is 51.4 Å². The molecule has 0 heterocycles. The van der Waals surface area contributed by atoms with Crippen molar-refractivity contribution in [2.24, 2.45) is 0 Å². The van der Waals surface area contributed by atoms with Gasteiger partial charge in [0.25, 0.3) is 0 Å². The number of carbonyl (C=O) groups excluding carboxylic acids is 2. The lowest BCUT2D eigenvalue weighted by Crippen LogP contribution is -2.37. The average molecular weight is 757 g/mol. The molecule has 0 rings (SSSR count). The Hall–Kier alpha value is -1.77. The van der Waals surface area contributed by atoms with E-state index in [2.05, 4.69) is 50.3 Å². The van der Waals surface area contributed by atoms with E-state index in [1.54, 1.807) is 0 Å². The molecule has 0 aromatic heterocycles. The second kappa shape index (κ2) is 35.0. The number of phosphoric acid groups is 1. The number of carbonyl (C=O) groups is 2. The van der Waals surface area contributed by atoms with Gasteiger partial charge in [0.2, 0.25) is 0 Å². The molecule has 0 aliphatic heterocycles. The van der Waals surface area contributed by atoms with Gasteiger partial charge in [-0.25, -0.2) is 4.57 Å². The Morgan fingerprint density at radius 2 is 1.04 bits per heavy atom. The zero-order valence-corrected chi connectivity index (χ0v) is 34.9. The second-order valence-electron chi connectivity index (χ2n) is 15.0. The van der Waals surface area contributed by atoms with E-state index in [4.69, 9.17) is 18.5 Å². The topological polar surface area (TPSA) is 108 Å². The minimum Gasteiger partial charge on any atom is -0.462 e. The van der Waals surface area contributed by atoms with E-state index in [0.29, 0.717) is 17.4 Å². The Labute approximate surface area is 319 Å². The van der Waals surface area contributed by atoms with Crippen molar-refractivity contribution in [1.82, 2.24) is 0 Å². The van der Waals surface area contributed by atoms with E-state index < -0.39 is 26.5 Å². The van der Waals surface area contributed by atoms with Crippen LogP contribution in [0.25, 0.3) is 0 Å². The maximum atomic E-state index is 12.6. The Balaban J connectivity index is 4.17. The van der Waals surface area contributed by atoms with Crippen LogP contribution >= 0.6 is 7.82 Å². The van der Waals surface area contributed by atoms with Crippen LogP contribution in [0.4, 0.5) is 0 Å². The van der Waals surface area contributed by atoms with E-state index in [1.807, 2.05) is 21.1 Å². The Kier molecular flexibility index (Phi) is 33.8. The summed E-state index contributed by atoms with van der Waals surface area (Å²) < 4.78 is 34.0. The van der Waals surface area contributed by atoms with Crippen LogP contribution < -0.4 is 0 Å². The molecule has 0 spiro atoms. The molecular weight excluding hydrogens is 677 g/mol. The van der Waals surface area contributed by atoms with Crippen molar-refractivity contribution < 1.29 is 42.1 Å². The lowest BCUT2D eigenvalue weighted by atomic mass is 10.1. The molecule has 10 heteroatoms. The van der Waals surface area contributed by atoms with Crippen LogP contribution in [0.2, 0.25) is 0 Å². The highest BCUT2D eigenvalue weighted by Gasteiger charge is 2.27. The van der Waals surface area contributed by atoms with Crippen LogP contribution in [0, 0.1) is 0 Å². The van der Waals surface area contributed by atoms with Crippen molar-refractivity contribution in [3.63, 3.8) is 0 Å². The predicted octanol–water partition coefficient (Wildman–Crippen LogP) is 11.4. The van der Waals surface area contributed by atoms with Crippen molar-refractivity contribution in [1.29, 1.82) is 0 Å². The molecule has 52 heavy (non-hydrogen) atoms. The van der Waals surface area contributed by atoms with Gasteiger partial charge >= 0.3 is 19.8 Å². The Bertz CT molecular complexity index is 991. The number of phosphoric ester groups is 1. The minimum atomic E-state index is -4.36. The molecule has 0 amide bonds. The molecule has 0 bridgehead atoms. The molecule has 0 saturated carbocycles. The van der Waals surface area contributed by atoms with Gasteiger partial charge in [-0.1, -0.05) is 140 Å². The first-order chi connectivity index (χ1) is 25.0. The van der Waals surface area contributed by atoms with Gasteiger partial charge in [-0.15, -0.1) is 0 Å². The van der Waals surface area contributed by atoms with E-state index in [0.717, 1.165) is 70.6 Å². The zero-order valence-electron chi connectivity index (χ0n) is 34.0. The van der Waals surface area contributed by atoms with Crippen LogP contribution in [0.1, 0.15) is 168 Å². The third kappa shape index (κ3) is 38.0. The maximum absolute atomic E-state index is 12.6. The third-order valence-electron chi connectivity index (χ3n) is 8.67. The second-order valence-corrected chi connectivity index (χ2v) is 16.5. The molecule has 0 aliphatic carbocycles. The fourth-order valence-electron chi connectivity index (χ4n) is 5.37. The molecule has 9 nitrogen and oxygen atoms in total. The summed E-state index contributed by atoms with van der Waals surface area (Å²) in [4.78, 5) is 35.0. The molecule has 0 saturated heterocycles. The van der Waals surface area contributed by atoms with Crippen LogP contribution in [-0.4, -0.2) is 74.9 Å². The summed E-state index contributed by atoms with van der Waals surface area (Å²) in [5.74, 6) is -0.822. The van der Waals surface area contributed by atoms with Crippen LogP contribution in [-0.2, 0) is 32.7 Å². The molecule has 0 radical (unpaired) electrons. The van der Waals surface area contributed by atoms with E-state index >= 15 is 0 Å². The minimum absolute atomic E-state index is 0.0298. The van der Waals surface area contributed by atoms with Gasteiger partial charge in [0.15, 0.2) is 6.10 Å². The molecular formula is C42H79NO8P+. The van der Waals surface area contributed by atoms with Gasteiger partial charge in [0, 0.05) is 12.8 Å². The lowest BCUT2D eigenvalue weighted by molar-refractivity contribution is -0.870. The quantitative estimate of drug-likeness (QED) is 0.0219. The number of hydrogen-bond acceptors (Lipinski definition) is 7. The normalized spacial score (nSPS) is 14.0. The number of hydrogen-bond donors (Lipinski definition) is 1. The lowest BCUT2D eigenvalue weighted by Gasteiger charge is -2.24. The number of ether oxygens (including phenoxy) is 2. The SMILES string of the molecule is CCCCCCC/C=C\C/C=C\C/C=C\CCCCCCCCCCC(=O)OC(COC(=O)CCCCCCC)COP(=O)(O)OCC[N+](C)(C)C. The molecule has 304 valence electrons. The number of unbranched alkanes of at least 4 members (excludes halogenated alkanes) is 17. The molecule has 0 aromatic carbocycles. The highest BCUT2D eigenvalue weighted by molar-refractivity contribution is 7.47. The number of allylic oxidation sites excluding steroid dienone is 6. The Morgan fingerprint density at radius 3 is 1.54 bits per heavy atom. The summed E-state index contributed by atoms with van der Waals surface area (Å²) in [6.07, 6.45) is 38.1. The summed E-state index contributed by atoms with van der Waals surface area (Å²) >= 11 is 0. The standard InChI is InChI=1S/C42H78NO8P/c1-6-8-10-12-13-14-15-16-17-18-19-20-21-22-23-24-25-26-27-28-29-31-33-35-42(45)51-40(38-48-41(44)34-32-30-11-9-7-2)39-50-52(46,47)49-37-36-43(3,4)5/h15-16,18-19,21-22,40H,6-14,17,20,23-39H2,1-5H3/p+1/b16-15-,19-18-,22-21-. The average Bonchev–Trinajstić information content (AvgIpc) is 3.09. The zero-order chi connectivity index (χ0) is 38.6. The first-order valence-electron chi connectivity index (χ1n) is 20.7. The van der Waals surface area contributed by atoms with E-state index in [9.17, 15) is 19.0 Å². The monoisotopic (exact) mass is 757 g/mol. The number of nitrogens with zero attached hydrogens (tertiary/aromatic N) is 1. The fraction of sp³-hybridized carbons (Fsp3) is 0.810. The van der Waals surface area contributed by atoms with Crippen molar-refractivity contribution in [2.75, 3.05) is 47.5 Å². The van der Waals surface area contributed by atoms with Gasteiger partial charge in [-0.3, -0.25) is 18.6 Å². The first kappa shape index (κ1) is 50.2. The van der Waals surface area contributed by atoms with Crippen molar-refractivity contribution in [2.45, 2.75) is 174 Å². The van der Waals surface area contributed by atoms with Crippen LogP contribution in [0.15, 0.2) is 36.5 Å². The summed E-state index contributed by atoms with van der Waals surface area (Å²) in [5.41, 5.74) is 0. The molecule has 1 N–H and O–H groups in total. The highest BCUT2D eigenvalue weighted by atomic mass is 31.2. The van der Waals surface area contributed by atoms with Crippen molar-refractivity contribution in [3.8, 4) is 0 Å².